The highest BCUT2D eigenvalue weighted by molar-refractivity contribution is 9.10. The number of fused-ring (bicyclic) bond motifs is 1. The SMILES string of the molecule is Cc1cc(CN2CCNC(=O)C2)c(CNC(=O)c2cc(Br)cc3c2cnn3C2CCCC2)c(=O)[nH]1. The molecular formula is C25H29BrN6O3. The number of piperazine rings is 1. The number of halogens is 1. The predicted octanol–water partition coefficient (Wildman–Crippen LogP) is 2.77. The molecule has 2 aliphatic rings. The predicted molar refractivity (Wildman–Crippen MR) is 136 cm³/mol. The molecule has 1 aromatic carbocycles. The van der Waals surface area contributed by atoms with Crippen molar-refractivity contribution < 1.29 is 9.59 Å². The summed E-state index contributed by atoms with van der Waals surface area (Å²) in [5.74, 6) is -0.282. The van der Waals surface area contributed by atoms with Gasteiger partial charge in [-0.3, -0.25) is 24.0 Å². The number of hydrogen-bond acceptors (Lipinski definition) is 5. The van der Waals surface area contributed by atoms with Crippen LogP contribution in [0.15, 0.2) is 33.7 Å². The Bertz CT molecular complexity index is 1340. The molecule has 0 atom stereocenters. The van der Waals surface area contributed by atoms with Crippen molar-refractivity contribution in [2.24, 2.45) is 0 Å². The van der Waals surface area contributed by atoms with E-state index in [-0.39, 0.29) is 23.9 Å². The van der Waals surface area contributed by atoms with Gasteiger partial charge in [-0.1, -0.05) is 28.8 Å². The standard InChI is InChI=1S/C25H29BrN6O3/c1-15-8-16(13-31-7-6-27-23(33)14-31)20(25(35)30-15)11-28-24(34)19-9-17(26)10-22-21(19)12-29-32(22)18-4-2-3-5-18/h8-10,12,18H,2-7,11,13-14H2,1H3,(H,27,33)(H,28,34)(H,30,35). The lowest BCUT2D eigenvalue weighted by Gasteiger charge is -2.27. The molecule has 2 aromatic heterocycles. The van der Waals surface area contributed by atoms with Gasteiger partial charge in [0.25, 0.3) is 11.5 Å². The van der Waals surface area contributed by atoms with E-state index in [0.29, 0.717) is 43.3 Å². The topological polar surface area (TPSA) is 112 Å². The van der Waals surface area contributed by atoms with E-state index >= 15 is 0 Å². The van der Waals surface area contributed by atoms with Crippen LogP contribution in [0.4, 0.5) is 0 Å². The maximum atomic E-state index is 13.3. The molecule has 9 nitrogen and oxygen atoms in total. The summed E-state index contributed by atoms with van der Waals surface area (Å²) in [5.41, 5.74) is 3.30. The summed E-state index contributed by atoms with van der Waals surface area (Å²) in [4.78, 5) is 42.7. The molecule has 0 unspecified atom stereocenters. The highest BCUT2D eigenvalue weighted by Crippen LogP contribution is 2.33. The van der Waals surface area contributed by atoms with Crippen LogP contribution in [-0.2, 0) is 17.9 Å². The van der Waals surface area contributed by atoms with Crippen LogP contribution in [0.25, 0.3) is 10.9 Å². The van der Waals surface area contributed by atoms with Crippen LogP contribution in [0.3, 0.4) is 0 Å². The summed E-state index contributed by atoms with van der Waals surface area (Å²) >= 11 is 3.55. The molecule has 1 aliphatic carbocycles. The van der Waals surface area contributed by atoms with Gasteiger partial charge in [0.05, 0.1) is 29.9 Å². The quantitative estimate of drug-likeness (QED) is 0.445. The summed E-state index contributed by atoms with van der Waals surface area (Å²) in [5, 5.41) is 11.2. The van der Waals surface area contributed by atoms with Crippen molar-refractivity contribution in [3.63, 3.8) is 0 Å². The van der Waals surface area contributed by atoms with Crippen molar-refractivity contribution in [3.8, 4) is 0 Å². The van der Waals surface area contributed by atoms with E-state index in [1.165, 1.54) is 12.8 Å². The van der Waals surface area contributed by atoms with Crippen molar-refractivity contribution >= 4 is 38.6 Å². The number of rotatable bonds is 6. The highest BCUT2D eigenvalue weighted by Gasteiger charge is 2.23. The van der Waals surface area contributed by atoms with Gasteiger partial charge in [-0.05, 0) is 43.5 Å². The fourth-order valence-electron chi connectivity index (χ4n) is 5.19. The molecule has 10 heteroatoms. The molecule has 0 radical (unpaired) electrons. The number of H-pyrrole nitrogens is 1. The molecular weight excluding hydrogens is 512 g/mol. The Balaban J connectivity index is 1.39. The first-order chi connectivity index (χ1) is 16.9. The minimum Gasteiger partial charge on any atom is -0.354 e. The zero-order chi connectivity index (χ0) is 24.5. The van der Waals surface area contributed by atoms with Gasteiger partial charge in [0.15, 0.2) is 0 Å². The lowest BCUT2D eigenvalue weighted by molar-refractivity contribution is -0.124. The Morgan fingerprint density at radius 3 is 2.80 bits per heavy atom. The highest BCUT2D eigenvalue weighted by atomic mass is 79.9. The first-order valence-electron chi connectivity index (χ1n) is 12.0. The lowest BCUT2D eigenvalue weighted by Crippen LogP contribution is -2.47. The lowest BCUT2D eigenvalue weighted by atomic mass is 10.1. The van der Waals surface area contributed by atoms with Crippen LogP contribution < -0.4 is 16.2 Å². The summed E-state index contributed by atoms with van der Waals surface area (Å²) in [6.07, 6.45) is 6.36. The maximum Gasteiger partial charge on any atom is 0.253 e. The average Bonchev–Trinajstić information content (AvgIpc) is 3.47. The molecule has 3 aromatic rings. The summed E-state index contributed by atoms with van der Waals surface area (Å²) < 4.78 is 2.86. The van der Waals surface area contributed by atoms with Crippen molar-refractivity contribution in [1.82, 2.24) is 30.3 Å². The van der Waals surface area contributed by atoms with Crippen molar-refractivity contribution in [3.05, 3.63) is 61.6 Å². The zero-order valence-electron chi connectivity index (χ0n) is 19.7. The van der Waals surface area contributed by atoms with Crippen LogP contribution >= 0.6 is 15.9 Å². The number of amides is 2. The molecule has 1 saturated carbocycles. The van der Waals surface area contributed by atoms with Crippen LogP contribution in [0.2, 0.25) is 0 Å². The number of benzene rings is 1. The first-order valence-corrected chi connectivity index (χ1v) is 12.8. The van der Waals surface area contributed by atoms with Crippen LogP contribution in [0.5, 0.6) is 0 Å². The Kier molecular flexibility index (Phi) is 6.75. The van der Waals surface area contributed by atoms with Crippen LogP contribution in [0, 0.1) is 6.92 Å². The average molecular weight is 541 g/mol. The van der Waals surface area contributed by atoms with E-state index in [0.717, 1.165) is 39.5 Å². The van der Waals surface area contributed by atoms with E-state index in [4.69, 9.17) is 0 Å². The Hall–Kier alpha value is -2.98. The summed E-state index contributed by atoms with van der Waals surface area (Å²) in [6.45, 7) is 3.98. The summed E-state index contributed by atoms with van der Waals surface area (Å²) in [7, 11) is 0. The molecule has 2 amide bonds. The van der Waals surface area contributed by atoms with E-state index in [9.17, 15) is 14.4 Å². The number of nitrogens with zero attached hydrogens (tertiary/aromatic N) is 3. The van der Waals surface area contributed by atoms with Crippen LogP contribution in [-0.4, -0.2) is 51.1 Å². The molecule has 0 spiro atoms. The van der Waals surface area contributed by atoms with Gasteiger partial charge >= 0.3 is 0 Å². The number of pyridine rings is 1. The number of carbonyl (C=O) groups excluding carboxylic acids is 2. The maximum absolute atomic E-state index is 13.3. The van der Waals surface area contributed by atoms with Crippen molar-refractivity contribution in [2.45, 2.75) is 51.7 Å². The van der Waals surface area contributed by atoms with E-state index in [1.54, 1.807) is 12.3 Å². The minimum atomic E-state index is -0.259. The fourth-order valence-corrected chi connectivity index (χ4v) is 5.64. The third-order valence-corrected chi connectivity index (χ3v) is 7.35. The Morgan fingerprint density at radius 1 is 1.23 bits per heavy atom. The van der Waals surface area contributed by atoms with Gasteiger partial charge in [-0.25, -0.2) is 0 Å². The van der Waals surface area contributed by atoms with Gasteiger partial charge in [0, 0.05) is 47.3 Å². The number of aromatic nitrogens is 3. The summed E-state index contributed by atoms with van der Waals surface area (Å²) in [6, 6.07) is 6.08. The zero-order valence-corrected chi connectivity index (χ0v) is 21.3. The molecule has 1 saturated heterocycles. The second-order valence-electron chi connectivity index (χ2n) is 9.44. The fraction of sp³-hybridized carbons (Fsp3) is 0.440. The molecule has 0 bridgehead atoms. The van der Waals surface area contributed by atoms with Gasteiger partial charge in [-0.15, -0.1) is 0 Å². The molecule has 35 heavy (non-hydrogen) atoms. The third kappa shape index (κ3) is 5.04. The Labute approximate surface area is 211 Å². The minimum absolute atomic E-state index is 0.0236. The molecule has 1 aliphatic heterocycles. The van der Waals surface area contributed by atoms with E-state index < -0.39 is 0 Å². The van der Waals surface area contributed by atoms with Gasteiger partial charge < -0.3 is 15.6 Å². The third-order valence-electron chi connectivity index (χ3n) is 6.90. The molecule has 3 N–H and O–H groups in total. The van der Waals surface area contributed by atoms with Gasteiger partial charge in [0.2, 0.25) is 5.91 Å². The second-order valence-corrected chi connectivity index (χ2v) is 10.4. The number of carbonyl (C=O) groups is 2. The normalized spacial score (nSPS) is 17.1. The van der Waals surface area contributed by atoms with Crippen molar-refractivity contribution in [1.29, 1.82) is 0 Å². The smallest absolute Gasteiger partial charge is 0.253 e. The van der Waals surface area contributed by atoms with Crippen molar-refractivity contribution in [2.75, 3.05) is 19.6 Å². The number of hydrogen-bond donors (Lipinski definition) is 3. The van der Waals surface area contributed by atoms with Gasteiger partial charge in [0.1, 0.15) is 0 Å². The Morgan fingerprint density at radius 2 is 2.03 bits per heavy atom. The molecule has 184 valence electrons. The number of nitrogens with one attached hydrogen (secondary N) is 3. The number of aromatic amines is 1. The first kappa shape index (κ1) is 23.7. The van der Waals surface area contributed by atoms with Gasteiger partial charge in [-0.2, -0.15) is 5.10 Å². The van der Waals surface area contributed by atoms with E-state index in [1.807, 2.05) is 28.6 Å². The molecule has 2 fully saturated rings. The van der Waals surface area contributed by atoms with E-state index in [2.05, 4.69) is 36.6 Å². The monoisotopic (exact) mass is 540 g/mol. The second kappa shape index (κ2) is 9.94. The molecule has 5 rings (SSSR count). The number of aryl methyl sites for hydroxylation is 1. The molecule has 3 heterocycles. The van der Waals surface area contributed by atoms with Crippen LogP contribution in [0.1, 0.15) is 58.9 Å². The largest absolute Gasteiger partial charge is 0.354 e.